The molecule has 0 heterocycles. The summed E-state index contributed by atoms with van der Waals surface area (Å²) in [5, 5.41) is 0. The Bertz CT molecular complexity index is 555. The molecular weight excluding hydrogens is 280 g/mol. The zero-order valence-corrected chi connectivity index (χ0v) is 12.6. The SMILES string of the molecule is CC(=O)OC1CC#CC#CCC(OC(C)=O)CC#CC#CC1. The van der Waals surface area contributed by atoms with Crippen molar-refractivity contribution in [3.63, 3.8) is 0 Å². The van der Waals surface area contributed by atoms with E-state index in [0.29, 0.717) is 25.7 Å². The Kier molecular flexibility index (Phi) is 7.82. The first kappa shape index (κ1) is 17.2. The summed E-state index contributed by atoms with van der Waals surface area (Å²) in [7, 11) is 0. The highest BCUT2D eigenvalue weighted by Gasteiger charge is 2.09. The molecule has 4 nitrogen and oxygen atoms in total. The second-order valence-corrected chi connectivity index (χ2v) is 4.49. The highest BCUT2D eigenvalue weighted by Crippen LogP contribution is 2.04. The van der Waals surface area contributed by atoms with E-state index in [-0.39, 0.29) is 24.1 Å². The summed E-state index contributed by atoms with van der Waals surface area (Å²) in [5.41, 5.74) is 0. The van der Waals surface area contributed by atoms with Crippen molar-refractivity contribution in [2.45, 2.75) is 51.7 Å². The molecule has 0 aromatic heterocycles. The lowest BCUT2D eigenvalue weighted by molar-refractivity contribution is -0.146. The van der Waals surface area contributed by atoms with Crippen molar-refractivity contribution in [2.75, 3.05) is 0 Å². The first-order chi connectivity index (χ1) is 10.6. The van der Waals surface area contributed by atoms with Crippen LogP contribution in [0.5, 0.6) is 0 Å². The summed E-state index contributed by atoms with van der Waals surface area (Å²) in [6.07, 6.45) is 0.705. The van der Waals surface area contributed by atoms with Gasteiger partial charge in [-0.2, -0.15) is 0 Å². The number of carbonyl (C=O) groups excluding carboxylic acids is 2. The Labute approximate surface area is 130 Å². The summed E-state index contributed by atoms with van der Waals surface area (Å²) in [6.45, 7) is 2.70. The minimum absolute atomic E-state index is 0.365. The number of ether oxygens (including phenoxy) is 2. The largest absolute Gasteiger partial charge is 0.461 e. The zero-order chi connectivity index (χ0) is 16.2. The molecule has 0 aromatic rings. The normalized spacial score (nSPS) is 19.9. The molecule has 0 aromatic carbocycles. The van der Waals surface area contributed by atoms with Crippen LogP contribution in [0, 0.1) is 47.4 Å². The highest BCUT2D eigenvalue weighted by molar-refractivity contribution is 5.66. The van der Waals surface area contributed by atoms with E-state index in [1.54, 1.807) is 0 Å². The van der Waals surface area contributed by atoms with Gasteiger partial charge in [-0.1, -0.05) is 23.7 Å². The quantitative estimate of drug-likeness (QED) is 0.571. The summed E-state index contributed by atoms with van der Waals surface area (Å²) in [5.74, 6) is 21.4. The predicted octanol–water partition coefficient (Wildman–Crippen LogP) is 1.44. The van der Waals surface area contributed by atoms with Crippen LogP contribution in [0.15, 0.2) is 0 Å². The molecule has 0 saturated carbocycles. The van der Waals surface area contributed by atoms with E-state index in [0.717, 1.165) is 0 Å². The molecule has 0 spiro atoms. The van der Waals surface area contributed by atoms with Crippen LogP contribution >= 0.6 is 0 Å². The molecule has 0 saturated heterocycles. The fraction of sp³-hybridized carbons (Fsp3) is 0.444. The maximum Gasteiger partial charge on any atom is 0.302 e. The Morgan fingerprint density at radius 3 is 1.18 bits per heavy atom. The highest BCUT2D eigenvalue weighted by atomic mass is 16.5. The van der Waals surface area contributed by atoms with Gasteiger partial charge in [0, 0.05) is 39.5 Å². The second kappa shape index (κ2) is 9.99. The Morgan fingerprint density at radius 1 is 0.682 bits per heavy atom. The van der Waals surface area contributed by atoms with Crippen molar-refractivity contribution in [3.8, 4) is 47.4 Å². The minimum atomic E-state index is -0.377. The zero-order valence-electron chi connectivity index (χ0n) is 12.6. The van der Waals surface area contributed by atoms with Gasteiger partial charge in [0.25, 0.3) is 0 Å². The maximum atomic E-state index is 11.0. The van der Waals surface area contributed by atoms with Gasteiger partial charge in [0.2, 0.25) is 0 Å². The van der Waals surface area contributed by atoms with Gasteiger partial charge in [-0.05, 0) is 23.7 Å². The van der Waals surface area contributed by atoms with Crippen LogP contribution < -0.4 is 0 Å². The van der Waals surface area contributed by atoms with Gasteiger partial charge in [0.1, 0.15) is 12.2 Å². The summed E-state index contributed by atoms with van der Waals surface area (Å²) < 4.78 is 10.2. The van der Waals surface area contributed by atoms with E-state index < -0.39 is 0 Å². The molecule has 112 valence electrons. The van der Waals surface area contributed by atoms with Crippen molar-refractivity contribution < 1.29 is 19.1 Å². The number of rotatable bonds is 2. The molecular formula is C18H16O4. The molecule has 0 radical (unpaired) electrons. The van der Waals surface area contributed by atoms with Crippen LogP contribution in [0.2, 0.25) is 0 Å². The number of hydrogen-bond acceptors (Lipinski definition) is 4. The van der Waals surface area contributed by atoms with Crippen LogP contribution in [0.1, 0.15) is 39.5 Å². The van der Waals surface area contributed by atoms with E-state index in [1.807, 2.05) is 0 Å². The topological polar surface area (TPSA) is 52.6 Å². The maximum absolute atomic E-state index is 11.0. The molecule has 0 amide bonds. The molecule has 1 aliphatic carbocycles. The van der Waals surface area contributed by atoms with Crippen LogP contribution in [-0.4, -0.2) is 24.1 Å². The molecule has 4 heteroatoms. The van der Waals surface area contributed by atoms with Gasteiger partial charge in [-0.25, -0.2) is 0 Å². The smallest absolute Gasteiger partial charge is 0.302 e. The molecule has 0 unspecified atom stereocenters. The monoisotopic (exact) mass is 296 g/mol. The average molecular weight is 296 g/mol. The Balaban J connectivity index is 2.79. The average Bonchev–Trinajstić information content (AvgIpc) is 2.43. The van der Waals surface area contributed by atoms with Gasteiger partial charge in [0.05, 0.1) is 0 Å². The molecule has 1 rings (SSSR count). The first-order valence-electron chi connectivity index (χ1n) is 6.84. The van der Waals surface area contributed by atoms with E-state index in [2.05, 4.69) is 47.4 Å². The lowest BCUT2D eigenvalue weighted by atomic mass is 10.1. The molecule has 0 fully saturated rings. The summed E-state index contributed by atoms with van der Waals surface area (Å²) in [4.78, 5) is 22.0. The van der Waals surface area contributed by atoms with Gasteiger partial charge in [0.15, 0.2) is 0 Å². The molecule has 1 aliphatic rings. The van der Waals surface area contributed by atoms with Crippen molar-refractivity contribution >= 4 is 11.9 Å². The molecule has 0 N–H and O–H groups in total. The van der Waals surface area contributed by atoms with Crippen molar-refractivity contribution in [1.82, 2.24) is 0 Å². The van der Waals surface area contributed by atoms with Crippen molar-refractivity contribution in [2.24, 2.45) is 0 Å². The predicted molar refractivity (Wildman–Crippen MR) is 80.7 cm³/mol. The van der Waals surface area contributed by atoms with Gasteiger partial charge in [-0.3, -0.25) is 9.59 Å². The van der Waals surface area contributed by atoms with Gasteiger partial charge in [-0.15, -0.1) is 0 Å². The molecule has 22 heavy (non-hydrogen) atoms. The van der Waals surface area contributed by atoms with E-state index in [4.69, 9.17) is 9.47 Å². The van der Waals surface area contributed by atoms with Crippen LogP contribution in [-0.2, 0) is 19.1 Å². The van der Waals surface area contributed by atoms with E-state index in [9.17, 15) is 9.59 Å². The van der Waals surface area contributed by atoms with Gasteiger partial charge >= 0.3 is 11.9 Å². The van der Waals surface area contributed by atoms with E-state index >= 15 is 0 Å². The second-order valence-electron chi connectivity index (χ2n) is 4.49. The third-order valence-electron chi connectivity index (χ3n) is 2.46. The van der Waals surface area contributed by atoms with E-state index in [1.165, 1.54) is 13.8 Å². The first-order valence-corrected chi connectivity index (χ1v) is 6.84. The standard InChI is InChI=1S/C18H16O4/c1-15(19)21-17-11-7-3-5-9-13-18(22-16(2)20)14-10-6-4-8-12-17/h17-18H,11-14H2,1-2H3. The third kappa shape index (κ3) is 8.37. The molecule has 0 atom stereocenters. The van der Waals surface area contributed by atoms with Crippen LogP contribution in [0.3, 0.4) is 0 Å². The van der Waals surface area contributed by atoms with Crippen molar-refractivity contribution in [3.05, 3.63) is 0 Å². The minimum Gasteiger partial charge on any atom is -0.461 e. The number of carbonyl (C=O) groups is 2. The van der Waals surface area contributed by atoms with Crippen LogP contribution in [0.25, 0.3) is 0 Å². The lowest BCUT2D eigenvalue weighted by Gasteiger charge is -2.10. The molecule has 0 bridgehead atoms. The van der Waals surface area contributed by atoms with Gasteiger partial charge < -0.3 is 9.47 Å². The fourth-order valence-corrected chi connectivity index (χ4v) is 1.62. The summed E-state index contributed by atoms with van der Waals surface area (Å²) >= 11 is 0. The third-order valence-corrected chi connectivity index (χ3v) is 2.46. The lowest BCUT2D eigenvalue weighted by Crippen LogP contribution is -2.15. The van der Waals surface area contributed by atoms with Crippen molar-refractivity contribution in [1.29, 1.82) is 0 Å². The molecule has 0 aliphatic heterocycles. The Morgan fingerprint density at radius 2 is 0.955 bits per heavy atom. The Hall–Kier alpha value is -2.82. The summed E-state index contributed by atoms with van der Waals surface area (Å²) in [6, 6.07) is 0. The number of esters is 2. The number of hydrogen-bond donors (Lipinski definition) is 0. The van der Waals surface area contributed by atoms with Crippen LogP contribution in [0.4, 0.5) is 0 Å². The fourth-order valence-electron chi connectivity index (χ4n) is 1.62.